The average molecular weight is 249 g/mol. The first-order chi connectivity index (χ1) is 8.83. The zero-order valence-corrected chi connectivity index (χ0v) is 12.5. The number of unbranched alkanes of at least 4 members (excludes halogenated alkanes) is 9. The molecule has 0 N–H and O–H groups in total. The molecular formula is C17H31N. The zero-order chi connectivity index (χ0) is 13.1. The van der Waals surface area contributed by atoms with Crippen LogP contribution in [0.25, 0.3) is 0 Å². The van der Waals surface area contributed by atoms with Gasteiger partial charge in [-0.25, -0.2) is 0 Å². The number of rotatable bonds is 11. The summed E-state index contributed by atoms with van der Waals surface area (Å²) < 4.78 is 2.32. The van der Waals surface area contributed by atoms with Crippen LogP contribution in [0.4, 0.5) is 0 Å². The van der Waals surface area contributed by atoms with Gasteiger partial charge in [-0.3, -0.25) is 0 Å². The van der Waals surface area contributed by atoms with Crippen molar-refractivity contribution >= 4 is 0 Å². The molecule has 1 rings (SSSR count). The first-order valence-corrected chi connectivity index (χ1v) is 7.95. The van der Waals surface area contributed by atoms with E-state index in [9.17, 15) is 0 Å². The molecule has 0 aliphatic rings. The summed E-state index contributed by atoms with van der Waals surface area (Å²) in [5.41, 5.74) is 1.38. The summed E-state index contributed by atoms with van der Waals surface area (Å²) in [4.78, 5) is 0. The monoisotopic (exact) mass is 249 g/mol. The minimum atomic E-state index is 1.20. The minimum absolute atomic E-state index is 1.20. The van der Waals surface area contributed by atoms with Crippen LogP contribution in [-0.4, -0.2) is 4.57 Å². The predicted octanol–water partition coefficient (Wildman–Crippen LogP) is 5.72. The van der Waals surface area contributed by atoms with Gasteiger partial charge in [-0.1, -0.05) is 64.7 Å². The van der Waals surface area contributed by atoms with Gasteiger partial charge in [0.15, 0.2) is 0 Å². The minimum Gasteiger partial charge on any atom is -0.354 e. The molecule has 0 atom stereocenters. The Morgan fingerprint density at radius 1 is 0.833 bits per heavy atom. The van der Waals surface area contributed by atoms with E-state index in [-0.39, 0.29) is 0 Å². The predicted molar refractivity (Wildman–Crippen MR) is 81.0 cm³/mol. The fraction of sp³-hybridized carbons (Fsp3) is 0.765. The summed E-state index contributed by atoms with van der Waals surface area (Å²) in [6.07, 6.45) is 18.6. The molecule has 1 heterocycles. The molecule has 0 fully saturated rings. The van der Waals surface area contributed by atoms with Crippen molar-refractivity contribution in [2.75, 3.05) is 0 Å². The zero-order valence-electron chi connectivity index (χ0n) is 12.5. The maximum absolute atomic E-state index is 2.32. The van der Waals surface area contributed by atoms with Crippen molar-refractivity contribution < 1.29 is 0 Å². The van der Waals surface area contributed by atoms with Crippen LogP contribution in [0.5, 0.6) is 0 Å². The van der Waals surface area contributed by atoms with Crippen molar-refractivity contribution in [1.82, 2.24) is 4.57 Å². The first-order valence-electron chi connectivity index (χ1n) is 7.95. The molecule has 0 bridgehead atoms. The molecule has 0 aliphatic carbocycles. The van der Waals surface area contributed by atoms with Crippen molar-refractivity contribution in [3.05, 3.63) is 24.0 Å². The van der Waals surface area contributed by atoms with Crippen LogP contribution >= 0.6 is 0 Å². The van der Waals surface area contributed by atoms with E-state index < -0.39 is 0 Å². The lowest BCUT2D eigenvalue weighted by Gasteiger charge is -2.03. The quantitative estimate of drug-likeness (QED) is 0.442. The third kappa shape index (κ3) is 7.58. The maximum atomic E-state index is 2.32. The Bertz CT molecular complexity index is 288. The van der Waals surface area contributed by atoms with Gasteiger partial charge in [0.1, 0.15) is 0 Å². The lowest BCUT2D eigenvalue weighted by Crippen LogP contribution is -1.93. The Morgan fingerprint density at radius 3 is 1.89 bits per heavy atom. The molecule has 104 valence electrons. The van der Waals surface area contributed by atoms with E-state index >= 15 is 0 Å². The summed E-state index contributed by atoms with van der Waals surface area (Å²) >= 11 is 0. The Labute approximate surface area is 114 Å². The van der Waals surface area contributed by atoms with Gasteiger partial charge in [0.05, 0.1) is 0 Å². The lowest BCUT2D eigenvalue weighted by atomic mass is 10.1. The summed E-state index contributed by atoms with van der Waals surface area (Å²) in [6.45, 7) is 5.64. The van der Waals surface area contributed by atoms with Crippen LogP contribution < -0.4 is 0 Å². The highest BCUT2D eigenvalue weighted by molar-refractivity contribution is 5.06. The van der Waals surface area contributed by atoms with Crippen LogP contribution in [0.1, 0.15) is 76.7 Å². The molecule has 0 amide bonds. The molecule has 0 saturated heterocycles. The molecule has 0 saturated carbocycles. The number of hydrogen-bond acceptors (Lipinski definition) is 0. The second-order valence-electron chi connectivity index (χ2n) is 5.61. The second-order valence-corrected chi connectivity index (χ2v) is 5.61. The van der Waals surface area contributed by atoms with Crippen molar-refractivity contribution in [3.63, 3.8) is 0 Å². The lowest BCUT2D eigenvalue weighted by molar-refractivity contribution is 0.535. The molecule has 1 aromatic rings. The van der Waals surface area contributed by atoms with Crippen LogP contribution in [-0.2, 0) is 6.54 Å². The highest BCUT2D eigenvalue weighted by Crippen LogP contribution is 2.11. The largest absolute Gasteiger partial charge is 0.354 e. The van der Waals surface area contributed by atoms with Gasteiger partial charge in [0, 0.05) is 18.9 Å². The van der Waals surface area contributed by atoms with Gasteiger partial charge in [0.2, 0.25) is 0 Å². The van der Waals surface area contributed by atoms with E-state index in [0.717, 1.165) is 0 Å². The van der Waals surface area contributed by atoms with Crippen molar-refractivity contribution in [3.8, 4) is 0 Å². The molecule has 0 spiro atoms. The Kier molecular flexibility index (Phi) is 8.71. The van der Waals surface area contributed by atoms with Gasteiger partial charge in [-0.05, 0) is 25.0 Å². The van der Waals surface area contributed by atoms with Gasteiger partial charge in [0.25, 0.3) is 0 Å². The van der Waals surface area contributed by atoms with E-state index in [1.54, 1.807) is 0 Å². The topological polar surface area (TPSA) is 4.93 Å². The number of aromatic nitrogens is 1. The molecule has 1 aromatic heterocycles. The molecule has 1 heteroatoms. The SMILES string of the molecule is CCCCCCCCCCCCn1ccc(C)c1. The molecule has 0 aliphatic heterocycles. The van der Waals surface area contributed by atoms with E-state index in [4.69, 9.17) is 0 Å². The highest BCUT2D eigenvalue weighted by atomic mass is 14.9. The molecule has 1 nitrogen and oxygen atoms in total. The Morgan fingerprint density at radius 2 is 1.39 bits per heavy atom. The Hall–Kier alpha value is -0.720. The second kappa shape index (κ2) is 10.2. The fourth-order valence-electron chi connectivity index (χ4n) is 2.48. The standard InChI is InChI=1S/C17H31N/c1-3-4-5-6-7-8-9-10-11-12-14-18-15-13-17(2)16-18/h13,15-16H,3-12,14H2,1-2H3. The average Bonchev–Trinajstić information content (AvgIpc) is 2.77. The summed E-state index contributed by atoms with van der Waals surface area (Å²) in [5, 5.41) is 0. The van der Waals surface area contributed by atoms with Gasteiger partial charge in [-0.15, -0.1) is 0 Å². The molecule has 0 aromatic carbocycles. The first kappa shape index (κ1) is 15.3. The van der Waals surface area contributed by atoms with Gasteiger partial charge in [-0.2, -0.15) is 0 Å². The molecular weight excluding hydrogens is 218 g/mol. The van der Waals surface area contributed by atoms with Crippen LogP contribution in [0.2, 0.25) is 0 Å². The van der Waals surface area contributed by atoms with E-state index in [1.165, 1.54) is 76.3 Å². The molecule has 0 radical (unpaired) electrons. The number of aryl methyl sites for hydroxylation is 2. The fourth-order valence-corrected chi connectivity index (χ4v) is 2.48. The number of hydrogen-bond donors (Lipinski definition) is 0. The summed E-state index contributed by atoms with van der Waals surface area (Å²) in [6, 6.07) is 2.19. The molecule has 18 heavy (non-hydrogen) atoms. The third-order valence-corrected chi connectivity index (χ3v) is 3.67. The number of nitrogens with zero attached hydrogens (tertiary/aromatic N) is 1. The maximum Gasteiger partial charge on any atom is 0.0219 e. The summed E-state index contributed by atoms with van der Waals surface area (Å²) in [7, 11) is 0. The molecule has 0 unspecified atom stereocenters. The van der Waals surface area contributed by atoms with Gasteiger partial charge < -0.3 is 4.57 Å². The smallest absolute Gasteiger partial charge is 0.0219 e. The van der Waals surface area contributed by atoms with E-state index in [2.05, 4.69) is 36.9 Å². The van der Waals surface area contributed by atoms with Crippen LogP contribution in [0.3, 0.4) is 0 Å². The van der Waals surface area contributed by atoms with Crippen LogP contribution in [0, 0.1) is 6.92 Å². The summed E-state index contributed by atoms with van der Waals surface area (Å²) in [5.74, 6) is 0. The van der Waals surface area contributed by atoms with E-state index in [0.29, 0.717) is 0 Å². The third-order valence-electron chi connectivity index (χ3n) is 3.67. The van der Waals surface area contributed by atoms with E-state index in [1.807, 2.05) is 0 Å². The van der Waals surface area contributed by atoms with Crippen molar-refractivity contribution in [2.45, 2.75) is 84.6 Å². The van der Waals surface area contributed by atoms with Gasteiger partial charge >= 0.3 is 0 Å². The van der Waals surface area contributed by atoms with Crippen LogP contribution in [0.15, 0.2) is 18.5 Å². The van der Waals surface area contributed by atoms with Crippen molar-refractivity contribution in [2.24, 2.45) is 0 Å². The Balaban J connectivity index is 1.81. The highest BCUT2D eigenvalue weighted by Gasteiger charge is 1.94. The normalized spacial score (nSPS) is 11.0. The van der Waals surface area contributed by atoms with Crippen molar-refractivity contribution in [1.29, 1.82) is 0 Å².